The number of rotatable bonds is 3. The Balaban J connectivity index is 0.00000180. The zero-order valence-corrected chi connectivity index (χ0v) is 12.6. The maximum Gasteiger partial charge on any atom is 1.00 e. The van der Waals surface area contributed by atoms with Crippen molar-refractivity contribution in [3.8, 4) is 0 Å². The van der Waals surface area contributed by atoms with Crippen molar-refractivity contribution >= 4 is 11.7 Å². The summed E-state index contributed by atoms with van der Waals surface area (Å²) in [6, 6.07) is 13.8. The molecule has 0 aliphatic rings. The Hall–Kier alpha value is -1.54. The number of hydrogen-bond acceptors (Lipinski definition) is 2. The Labute approximate surface area is 126 Å². The van der Waals surface area contributed by atoms with Crippen molar-refractivity contribution in [2.45, 2.75) is 19.8 Å². The first kappa shape index (κ1) is 15.5. The summed E-state index contributed by atoms with van der Waals surface area (Å²) in [7, 11) is 0. The van der Waals surface area contributed by atoms with Gasteiger partial charge in [-0.1, -0.05) is 32.2 Å². The van der Waals surface area contributed by atoms with Crippen LogP contribution in [0, 0.1) is 6.07 Å². The number of benzene rings is 1. The quantitative estimate of drug-likeness (QED) is 0.688. The molecule has 0 saturated carbocycles. The van der Waals surface area contributed by atoms with Gasteiger partial charge in [-0.25, -0.2) is 0 Å². The maximum atomic E-state index is 11.9. The van der Waals surface area contributed by atoms with E-state index in [1.165, 1.54) is 5.56 Å². The molecule has 0 aliphatic heterocycles. The van der Waals surface area contributed by atoms with E-state index in [0.717, 1.165) is 0 Å². The normalized spacial score (nSPS) is 9.84. The fraction of sp³-hybridized carbons (Fsp3) is 0.200. The smallest absolute Gasteiger partial charge is 0.368 e. The van der Waals surface area contributed by atoms with E-state index in [4.69, 9.17) is 0 Å². The summed E-state index contributed by atoms with van der Waals surface area (Å²) in [5.41, 5.74) is 1.85. The average Bonchev–Trinajstić information content (AvgIpc) is 2.40. The van der Waals surface area contributed by atoms with Gasteiger partial charge in [0.1, 0.15) is 0 Å². The number of nitrogens with one attached hydrogen (secondary N) is 1. The monoisotopic (exact) mass is 341 g/mol. The van der Waals surface area contributed by atoms with Crippen LogP contribution in [0.3, 0.4) is 0 Å². The van der Waals surface area contributed by atoms with Crippen LogP contribution in [0.2, 0.25) is 0 Å². The van der Waals surface area contributed by atoms with Gasteiger partial charge in [0.15, 0.2) is 0 Å². The van der Waals surface area contributed by atoms with Crippen LogP contribution in [-0.4, -0.2) is 10.9 Å². The molecule has 2 rings (SSSR count). The molecular formula is C15H15N2ORu. The molecule has 0 aliphatic carbocycles. The molecule has 4 heteroatoms. The molecule has 0 unspecified atom stereocenters. The van der Waals surface area contributed by atoms with Gasteiger partial charge < -0.3 is 10.3 Å². The van der Waals surface area contributed by atoms with Crippen molar-refractivity contribution in [1.82, 2.24) is 4.98 Å². The van der Waals surface area contributed by atoms with Crippen molar-refractivity contribution in [2.75, 3.05) is 5.32 Å². The van der Waals surface area contributed by atoms with E-state index in [1.807, 2.05) is 24.3 Å². The van der Waals surface area contributed by atoms with E-state index in [-0.39, 0.29) is 25.4 Å². The largest absolute Gasteiger partial charge is 1.00 e. The predicted molar refractivity (Wildman–Crippen MR) is 71.6 cm³/mol. The first-order chi connectivity index (χ1) is 8.66. The van der Waals surface area contributed by atoms with Crippen molar-refractivity contribution in [1.29, 1.82) is 0 Å². The van der Waals surface area contributed by atoms with Gasteiger partial charge in [0, 0.05) is 11.4 Å². The molecule has 0 fully saturated rings. The van der Waals surface area contributed by atoms with Crippen LogP contribution in [0.15, 0.2) is 42.6 Å². The molecule has 1 amide bonds. The Morgan fingerprint density at radius 1 is 1.26 bits per heavy atom. The third-order valence-electron chi connectivity index (χ3n) is 2.69. The number of carbonyl (C=O) groups is 1. The molecule has 2 aromatic rings. The van der Waals surface area contributed by atoms with Crippen LogP contribution < -0.4 is 5.32 Å². The summed E-state index contributed by atoms with van der Waals surface area (Å²) >= 11 is 0. The van der Waals surface area contributed by atoms with Gasteiger partial charge in [-0.3, -0.25) is 4.79 Å². The minimum atomic E-state index is -0.155. The van der Waals surface area contributed by atoms with E-state index in [2.05, 4.69) is 30.2 Å². The predicted octanol–water partition coefficient (Wildman–Crippen LogP) is 3.25. The van der Waals surface area contributed by atoms with Crippen LogP contribution in [0.25, 0.3) is 0 Å². The number of carbonyl (C=O) groups excluding carboxylic acids is 1. The van der Waals surface area contributed by atoms with Crippen LogP contribution in [0.5, 0.6) is 0 Å². The zero-order valence-electron chi connectivity index (χ0n) is 10.8. The van der Waals surface area contributed by atoms with E-state index in [1.54, 1.807) is 18.3 Å². The number of aromatic nitrogens is 1. The minimum Gasteiger partial charge on any atom is -0.368 e. The fourth-order valence-corrected chi connectivity index (χ4v) is 1.60. The van der Waals surface area contributed by atoms with Gasteiger partial charge in [-0.05, 0) is 23.6 Å². The summed E-state index contributed by atoms with van der Waals surface area (Å²) in [5.74, 6) is 0.820. The van der Waals surface area contributed by atoms with Gasteiger partial charge in [-0.15, -0.1) is 6.07 Å². The summed E-state index contributed by atoms with van der Waals surface area (Å²) in [6.07, 6.45) is 1.59. The van der Waals surface area contributed by atoms with Crippen molar-refractivity contribution in [2.24, 2.45) is 0 Å². The standard InChI is InChI=1S/C15H15N2O.Ru/c1-11(2)12-6-8-13(9-7-12)15(18)17-14-5-3-4-10-16-14;/h4-11H,1-2H3,(H,16,17,18);/q-1;+1. The number of pyridine rings is 1. The molecule has 0 spiro atoms. The van der Waals surface area contributed by atoms with Gasteiger partial charge in [0.05, 0.1) is 0 Å². The first-order valence-corrected chi connectivity index (χ1v) is 5.90. The number of amides is 1. The topological polar surface area (TPSA) is 42.0 Å². The average molecular weight is 340 g/mol. The van der Waals surface area contributed by atoms with Crippen LogP contribution in [0.1, 0.15) is 35.7 Å². The molecular weight excluding hydrogens is 325 g/mol. The molecule has 99 valence electrons. The van der Waals surface area contributed by atoms with Crippen molar-refractivity contribution in [3.63, 3.8) is 0 Å². The van der Waals surface area contributed by atoms with Crippen LogP contribution >= 0.6 is 0 Å². The fourth-order valence-electron chi connectivity index (χ4n) is 1.60. The maximum absolute atomic E-state index is 11.9. The van der Waals surface area contributed by atoms with E-state index in [9.17, 15) is 4.79 Å². The van der Waals surface area contributed by atoms with Gasteiger partial charge >= 0.3 is 19.5 Å². The molecule has 1 aromatic carbocycles. The summed E-state index contributed by atoms with van der Waals surface area (Å²) in [6.45, 7) is 4.25. The Bertz CT molecular complexity index is 524. The second-order valence-electron chi connectivity index (χ2n) is 4.37. The van der Waals surface area contributed by atoms with Gasteiger partial charge in [0.25, 0.3) is 0 Å². The number of hydrogen-bond donors (Lipinski definition) is 1. The second-order valence-corrected chi connectivity index (χ2v) is 4.37. The van der Waals surface area contributed by atoms with Crippen molar-refractivity contribution in [3.05, 3.63) is 59.8 Å². The first-order valence-electron chi connectivity index (χ1n) is 5.90. The van der Waals surface area contributed by atoms with Crippen molar-refractivity contribution < 1.29 is 24.3 Å². The number of nitrogens with zero attached hydrogens (tertiary/aromatic N) is 1. The molecule has 19 heavy (non-hydrogen) atoms. The summed E-state index contributed by atoms with van der Waals surface area (Å²) in [4.78, 5) is 16.0. The minimum absolute atomic E-state index is 0. The summed E-state index contributed by atoms with van der Waals surface area (Å²) in [5, 5.41) is 2.73. The van der Waals surface area contributed by atoms with Crippen LogP contribution in [-0.2, 0) is 19.5 Å². The second kappa shape index (κ2) is 7.15. The van der Waals surface area contributed by atoms with E-state index < -0.39 is 0 Å². The molecule has 1 radical (unpaired) electrons. The Kier molecular flexibility index (Phi) is 5.84. The summed E-state index contributed by atoms with van der Waals surface area (Å²) < 4.78 is 0. The van der Waals surface area contributed by atoms with Gasteiger partial charge in [-0.2, -0.15) is 12.1 Å². The molecule has 3 nitrogen and oxygen atoms in total. The molecule has 0 atom stereocenters. The number of anilines is 1. The van der Waals surface area contributed by atoms with E-state index in [0.29, 0.717) is 17.3 Å². The third-order valence-corrected chi connectivity index (χ3v) is 2.69. The molecule has 0 bridgehead atoms. The zero-order chi connectivity index (χ0) is 13.0. The molecule has 1 N–H and O–H groups in total. The van der Waals surface area contributed by atoms with Gasteiger partial charge in [0.2, 0.25) is 5.91 Å². The molecule has 1 heterocycles. The Morgan fingerprint density at radius 2 is 1.95 bits per heavy atom. The third kappa shape index (κ3) is 4.25. The van der Waals surface area contributed by atoms with E-state index >= 15 is 0 Å². The SMILES string of the molecule is CC(C)c1ccc(C(=O)Nc2c[c-]ccn2)cc1.[Ru+]. The Morgan fingerprint density at radius 3 is 2.47 bits per heavy atom. The molecule has 0 saturated heterocycles. The molecule has 1 aromatic heterocycles. The van der Waals surface area contributed by atoms with Crippen LogP contribution in [0.4, 0.5) is 5.82 Å².